The highest BCUT2D eigenvalue weighted by Crippen LogP contribution is 2.30. The Kier molecular flexibility index (Phi) is 2.56. The van der Waals surface area contributed by atoms with Crippen LogP contribution in [0.4, 0.5) is 0 Å². The first-order chi connectivity index (χ1) is 8.83. The highest BCUT2D eigenvalue weighted by molar-refractivity contribution is 6.09. The number of hydrogen-bond donors (Lipinski definition) is 0. The molecule has 0 fully saturated rings. The molecule has 1 aromatic heterocycles. The van der Waals surface area contributed by atoms with Crippen molar-refractivity contribution in [1.82, 2.24) is 9.97 Å². The number of rotatable bonds is 1. The molecular weight excluding hydrogens is 220 g/mol. The third kappa shape index (κ3) is 1.50. The van der Waals surface area contributed by atoms with E-state index in [2.05, 4.69) is 47.2 Å². The van der Waals surface area contributed by atoms with Crippen LogP contribution < -0.4 is 0 Å². The summed E-state index contributed by atoms with van der Waals surface area (Å²) in [4.78, 5) is 8.96. The average molecular weight is 234 g/mol. The minimum absolute atomic E-state index is 0.985. The Morgan fingerprint density at radius 3 is 2.33 bits per heavy atom. The third-order valence-electron chi connectivity index (χ3n) is 3.26. The first-order valence-corrected chi connectivity index (χ1v) is 6.07. The summed E-state index contributed by atoms with van der Waals surface area (Å²) in [7, 11) is 0. The van der Waals surface area contributed by atoms with Crippen LogP contribution in [0.3, 0.4) is 0 Å². The zero-order valence-corrected chi connectivity index (χ0v) is 10.5. The summed E-state index contributed by atoms with van der Waals surface area (Å²) in [5, 5.41) is 2.40. The quantitative estimate of drug-likeness (QED) is 0.592. The highest BCUT2D eigenvalue weighted by Gasteiger charge is 2.10. The normalized spacial score (nSPS) is 11.7. The van der Waals surface area contributed by atoms with Gasteiger partial charge in [-0.2, -0.15) is 0 Å². The predicted octanol–water partition coefficient (Wildman–Crippen LogP) is 4.12. The van der Waals surface area contributed by atoms with Crippen molar-refractivity contribution in [2.24, 2.45) is 0 Å². The van der Waals surface area contributed by atoms with Crippen molar-refractivity contribution in [2.45, 2.75) is 13.8 Å². The van der Waals surface area contributed by atoms with E-state index in [0.29, 0.717) is 0 Å². The molecule has 88 valence electrons. The molecule has 18 heavy (non-hydrogen) atoms. The summed E-state index contributed by atoms with van der Waals surface area (Å²) in [6.45, 7) is 4.15. The molecule has 0 amide bonds. The van der Waals surface area contributed by atoms with E-state index in [9.17, 15) is 0 Å². The minimum Gasteiger partial charge on any atom is -0.253 e. The zero-order chi connectivity index (χ0) is 12.5. The summed E-state index contributed by atoms with van der Waals surface area (Å²) >= 11 is 0. The van der Waals surface area contributed by atoms with E-state index in [1.54, 1.807) is 12.4 Å². The Balaban J connectivity index is 2.62. The summed E-state index contributed by atoms with van der Waals surface area (Å²) in [5.74, 6) is 0. The number of aryl methyl sites for hydroxylation is 1. The van der Waals surface area contributed by atoms with Crippen LogP contribution in [0.2, 0.25) is 0 Å². The maximum Gasteiger partial charge on any atom is 0.0968 e. The van der Waals surface area contributed by atoms with Crippen LogP contribution in [0.25, 0.3) is 27.9 Å². The van der Waals surface area contributed by atoms with Gasteiger partial charge in [0.2, 0.25) is 0 Å². The van der Waals surface area contributed by atoms with Crippen LogP contribution in [0.5, 0.6) is 0 Å². The van der Waals surface area contributed by atoms with Gasteiger partial charge in [-0.15, -0.1) is 0 Å². The Hall–Kier alpha value is -2.22. The molecule has 3 rings (SSSR count). The van der Waals surface area contributed by atoms with Crippen molar-refractivity contribution in [3.8, 4) is 0 Å². The van der Waals surface area contributed by atoms with Crippen LogP contribution in [0.1, 0.15) is 18.1 Å². The summed E-state index contributed by atoms with van der Waals surface area (Å²) in [6, 6.07) is 8.37. The van der Waals surface area contributed by atoms with Crippen molar-refractivity contribution >= 4 is 27.9 Å². The highest BCUT2D eigenvalue weighted by atomic mass is 14.8. The number of fused-ring (bicyclic) bond motifs is 3. The molecule has 0 saturated heterocycles. The molecule has 0 atom stereocenters. The third-order valence-corrected chi connectivity index (χ3v) is 3.26. The molecule has 3 aromatic rings. The number of hydrogen-bond acceptors (Lipinski definition) is 2. The van der Waals surface area contributed by atoms with E-state index in [1.165, 1.54) is 21.9 Å². The van der Waals surface area contributed by atoms with Crippen LogP contribution in [-0.4, -0.2) is 9.97 Å². The Morgan fingerprint density at radius 2 is 1.61 bits per heavy atom. The molecule has 0 radical (unpaired) electrons. The van der Waals surface area contributed by atoms with E-state index >= 15 is 0 Å². The molecule has 1 heterocycles. The lowest BCUT2D eigenvalue weighted by Crippen LogP contribution is -1.92. The van der Waals surface area contributed by atoms with Gasteiger partial charge in [0, 0.05) is 17.8 Å². The number of nitrogens with zero attached hydrogens (tertiary/aromatic N) is 2. The molecule has 0 aliphatic rings. The lowest BCUT2D eigenvalue weighted by Gasteiger charge is -2.10. The fourth-order valence-electron chi connectivity index (χ4n) is 2.45. The van der Waals surface area contributed by atoms with Gasteiger partial charge in [-0.1, -0.05) is 36.4 Å². The Bertz CT molecular complexity index is 757. The van der Waals surface area contributed by atoms with Gasteiger partial charge in [-0.25, -0.2) is 0 Å². The van der Waals surface area contributed by atoms with Crippen molar-refractivity contribution in [3.63, 3.8) is 0 Å². The lowest BCUT2D eigenvalue weighted by molar-refractivity contribution is 1.28. The number of benzene rings is 2. The van der Waals surface area contributed by atoms with Crippen molar-refractivity contribution < 1.29 is 0 Å². The standard InChI is InChI=1S/C16H14N2/c1-3-6-12-11(2)15-16(18-10-9-17-15)14-8-5-4-7-13(12)14/h3-10H,1-2H3/b6-3-. The second-order valence-electron chi connectivity index (χ2n) is 4.34. The minimum atomic E-state index is 0.985. The summed E-state index contributed by atoms with van der Waals surface area (Å²) < 4.78 is 0. The average Bonchev–Trinajstić information content (AvgIpc) is 2.43. The molecular formula is C16H14N2. The first kappa shape index (κ1) is 10.9. The van der Waals surface area contributed by atoms with Crippen molar-refractivity contribution in [1.29, 1.82) is 0 Å². The van der Waals surface area contributed by atoms with Gasteiger partial charge in [0.25, 0.3) is 0 Å². The zero-order valence-electron chi connectivity index (χ0n) is 10.5. The first-order valence-electron chi connectivity index (χ1n) is 6.07. The molecule has 0 spiro atoms. The largest absolute Gasteiger partial charge is 0.253 e. The second-order valence-corrected chi connectivity index (χ2v) is 4.34. The van der Waals surface area contributed by atoms with Crippen LogP contribution >= 0.6 is 0 Å². The molecule has 2 nitrogen and oxygen atoms in total. The lowest BCUT2D eigenvalue weighted by atomic mass is 9.97. The maximum atomic E-state index is 4.48. The van der Waals surface area contributed by atoms with E-state index in [1.807, 2.05) is 13.0 Å². The topological polar surface area (TPSA) is 25.8 Å². The van der Waals surface area contributed by atoms with Crippen LogP contribution in [-0.2, 0) is 0 Å². The maximum absolute atomic E-state index is 4.48. The summed E-state index contributed by atoms with van der Waals surface area (Å²) in [5.41, 5.74) is 4.40. The number of aromatic nitrogens is 2. The van der Waals surface area contributed by atoms with Crippen LogP contribution in [0, 0.1) is 6.92 Å². The summed E-state index contributed by atoms with van der Waals surface area (Å²) in [6.07, 6.45) is 7.72. The molecule has 2 heteroatoms. The monoisotopic (exact) mass is 234 g/mol. The van der Waals surface area contributed by atoms with Crippen LogP contribution in [0.15, 0.2) is 42.7 Å². The Labute approximate surface area is 106 Å². The molecule has 0 bridgehead atoms. The van der Waals surface area contributed by atoms with Gasteiger partial charge >= 0.3 is 0 Å². The SMILES string of the molecule is C/C=C\c1c(C)c2nccnc2c2ccccc12. The van der Waals surface area contributed by atoms with Gasteiger partial charge in [-0.3, -0.25) is 9.97 Å². The van der Waals surface area contributed by atoms with Crippen molar-refractivity contribution in [2.75, 3.05) is 0 Å². The molecule has 0 aliphatic heterocycles. The number of allylic oxidation sites excluding steroid dienone is 1. The van der Waals surface area contributed by atoms with Gasteiger partial charge in [0.05, 0.1) is 11.0 Å². The van der Waals surface area contributed by atoms with Gasteiger partial charge in [-0.05, 0) is 30.4 Å². The van der Waals surface area contributed by atoms with E-state index in [-0.39, 0.29) is 0 Å². The van der Waals surface area contributed by atoms with E-state index in [4.69, 9.17) is 0 Å². The fourth-order valence-corrected chi connectivity index (χ4v) is 2.45. The molecule has 0 aliphatic carbocycles. The van der Waals surface area contributed by atoms with Gasteiger partial charge in [0.15, 0.2) is 0 Å². The predicted molar refractivity (Wildman–Crippen MR) is 76.5 cm³/mol. The second kappa shape index (κ2) is 4.22. The smallest absolute Gasteiger partial charge is 0.0968 e. The van der Waals surface area contributed by atoms with E-state index in [0.717, 1.165) is 11.0 Å². The van der Waals surface area contributed by atoms with Gasteiger partial charge in [0.1, 0.15) is 0 Å². The van der Waals surface area contributed by atoms with E-state index < -0.39 is 0 Å². The molecule has 0 saturated carbocycles. The molecule has 2 aromatic carbocycles. The van der Waals surface area contributed by atoms with Gasteiger partial charge < -0.3 is 0 Å². The molecule has 0 N–H and O–H groups in total. The fraction of sp³-hybridized carbons (Fsp3) is 0.125. The molecule has 0 unspecified atom stereocenters. The Morgan fingerprint density at radius 1 is 0.944 bits per heavy atom. The van der Waals surface area contributed by atoms with Crippen molar-refractivity contribution in [3.05, 3.63) is 53.9 Å².